The van der Waals surface area contributed by atoms with Gasteiger partial charge in [0.2, 0.25) is 0 Å². The maximum absolute atomic E-state index is 12.2. The molecular formula is C15H23NO3. The number of unbranched alkanes of at least 4 members (excludes halogenated alkanes) is 1. The largest absolute Gasteiger partial charge is 0.468 e. The highest BCUT2D eigenvalue weighted by Gasteiger charge is 2.39. The summed E-state index contributed by atoms with van der Waals surface area (Å²) in [5, 5.41) is 8.90. The summed E-state index contributed by atoms with van der Waals surface area (Å²) in [6, 6.07) is 7.79. The number of carbonyl (C=O) groups excluding carboxylic acids is 1. The fourth-order valence-electron chi connectivity index (χ4n) is 2.34. The van der Waals surface area contributed by atoms with Crippen LogP contribution in [0.5, 0.6) is 0 Å². The van der Waals surface area contributed by atoms with Gasteiger partial charge in [-0.25, -0.2) is 0 Å². The van der Waals surface area contributed by atoms with Gasteiger partial charge in [-0.2, -0.15) is 0 Å². The molecule has 19 heavy (non-hydrogen) atoms. The average Bonchev–Trinajstić information content (AvgIpc) is 2.43. The number of rotatable bonds is 7. The lowest BCUT2D eigenvalue weighted by molar-refractivity contribution is -0.147. The monoisotopic (exact) mass is 265 g/mol. The molecule has 106 valence electrons. The van der Waals surface area contributed by atoms with Gasteiger partial charge in [0.05, 0.1) is 7.11 Å². The van der Waals surface area contributed by atoms with Crippen LogP contribution in [0.1, 0.15) is 30.4 Å². The van der Waals surface area contributed by atoms with E-state index in [-0.39, 0.29) is 19.1 Å². The maximum atomic E-state index is 12.2. The van der Waals surface area contributed by atoms with E-state index >= 15 is 0 Å². The summed E-state index contributed by atoms with van der Waals surface area (Å²) in [5.74, 6) is -0.307. The number of hydrogen-bond acceptors (Lipinski definition) is 4. The third-order valence-electron chi connectivity index (χ3n) is 3.51. The van der Waals surface area contributed by atoms with E-state index in [1.165, 1.54) is 7.11 Å². The SMILES string of the molecule is COC(=O)C(CN)(CCCCO)c1cccc(C)c1. The van der Waals surface area contributed by atoms with Gasteiger partial charge in [-0.3, -0.25) is 4.79 Å². The van der Waals surface area contributed by atoms with Crippen LogP contribution in [0.3, 0.4) is 0 Å². The molecule has 0 spiro atoms. The molecule has 0 radical (unpaired) electrons. The molecule has 0 aromatic heterocycles. The highest BCUT2D eigenvalue weighted by atomic mass is 16.5. The molecule has 4 heteroatoms. The second-order valence-corrected chi connectivity index (χ2v) is 4.83. The first-order chi connectivity index (χ1) is 9.10. The average molecular weight is 265 g/mol. The van der Waals surface area contributed by atoms with Crippen molar-refractivity contribution in [3.05, 3.63) is 35.4 Å². The Labute approximate surface area is 114 Å². The van der Waals surface area contributed by atoms with E-state index in [4.69, 9.17) is 15.6 Å². The number of aliphatic hydroxyl groups excluding tert-OH is 1. The first-order valence-electron chi connectivity index (χ1n) is 6.57. The number of benzene rings is 1. The van der Waals surface area contributed by atoms with Gasteiger partial charge in [-0.05, 0) is 31.7 Å². The second kappa shape index (κ2) is 7.26. The Morgan fingerprint density at radius 1 is 1.42 bits per heavy atom. The van der Waals surface area contributed by atoms with Crippen LogP contribution in [0.15, 0.2) is 24.3 Å². The molecule has 4 nitrogen and oxygen atoms in total. The van der Waals surface area contributed by atoms with Crippen molar-refractivity contribution < 1.29 is 14.6 Å². The van der Waals surface area contributed by atoms with Crippen LogP contribution in [0.25, 0.3) is 0 Å². The fourth-order valence-corrected chi connectivity index (χ4v) is 2.34. The topological polar surface area (TPSA) is 72.5 Å². The van der Waals surface area contributed by atoms with Gasteiger partial charge in [0, 0.05) is 13.2 Å². The third kappa shape index (κ3) is 3.55. The highest BCUT2D eigenvalue weighted by Crippen LogP contribution is 2.31. The minimum atomic E-state index is -0.810. The molecule has 0 fully saturated rings. The summed E-state index contributed by atoms with van der Waals surface area (Å²) >= 11 is 0. The number of methoxy groups -OCH3 is 1. The quantitative estimate of drug-likeness (QED) is 0.579. The predicted octanol–water partition coefficient (Wildman–Crippen LogP) is 1.53. The minimum absolute atomic E-state index is 0.121. The van der Waals surface area contributed by atoms with Crippen LogP contribution >= 0.6 is 0 Å². The Bertz CT molecular complexity index is 420. The minimum Gasteiger partial charge on any atom is -0.468 e. The molecule has 0 heterocycles. The van der Waals surface area contributed by atoms with Crippen molar-refractivity contribution in [2.75, 3.05) is 20.3 Å². The van der Waals surface area contributed by atoms with E-state index in [2.05, 4.69) is 0 Å². The Balaban J connectivity index is 3.12. The zero-order chi connectivity index (χ0) is 14.3. The molecular weight excluding hydrogens is 242 g/mol. The van der Waals surface area contributed by atoms with Crippen LogP contribution in [-0.4, -0.2) is 31.3 Å². The number of esters is 1. The van der Waals surface area contributed by atoms with Crippen LogP contribution in [0, 0.1) is 6.92 Å². The van der Waals surface area contributed by atoms with E-state index in [0.717, 1.165) is 17.5 Å². The number of ether oxygens (including phenoxy) is 1. The normalized spacial score (nSPS) is 13.9. The van der Waals surface area contributed by atoms with E-state index < -0.39 is 5.41 Å². The molecule has 0 aliphatic heterocycles. The summed E-state index contributed by atoms with van der Waals surface area (Å²) in [6.45, 7) is 2.31. The second-order valence-electron chi connectivity index (χ2n) is 4.83. The number of aryl methyl sites for hydroxylation is 1. The van der Waals surface area contributed by atoms with Gasteiger partial charge in [-0.1, -0.05) is 29.8 Å². The fraction of sp³-hybridized carbons (Fsp3) is 0.533. The Morgan fingerprint density at radius 2 is 2.16 bits per heavy atom. The zero-order valence-electron chi connectivity index (χ0n) is 11.7. The van der Waals surface area contributed by atoms with Crippen molar-refractivity contribution in [1.82, 2.24) is 0 Å². The van der Waals surface area contributed by atoms with Crippen LogP contribution in [0.2, 0.25) is 0 Å². The summed E-state index contributed by atoms with van der Waals surface area (Å²) in [5.41, 5.74) is 7.05. The molecule has 0 saturated carbocycles. The standard InChI is InChI=1S/C15H23NO3/c1-12-6-5-7-13(10-12)15(11-16,14(18)19-2)8-3-4-9-17/h5-7,10,17H,3-4,8-9,11,16H2,1-2H3. The zero-order valence-corrected chi connectivity index (χ0v) is 11.7. The van der Waals surface area contributed by atoms with Crippen LogP contribution < -0.4 is 5.73 Å². The molecule has 0 aliphatic carbocycles. The lowest BCUT2D eigenvalue weighted by Crippen LogP contribution is -2.44. The predicted molar refractivity (Wildman–Crippen MR) is 74.9 cm³/mol. The van der Waals surface area contributed by atoms with Gasteiger partial charge >= 0.3 is 5.97 Å². The van der Waals surface area contributed by atoms with Gasteiger partial charge in [-0.15, -0.1) is 0 Å². The van der Waals surface area contributed by atoms with E-state index in [1.54, 1.807) is 0 Å². The molecule has 1 rings (SSSR count). The van der Waals surface area contributed by atoms with Crippen LogP contribution in [0.4, 0.5) is 0 Å². The third-order valence-corrected chi connectivity index (χ3v) is 3.51. The summed E-state index contributed by atoms with van der Waals surface area (Å²) in [4.78, 5) is 12.2. The smallest absolute Gasteiger partial charge is 0.317 e. The molecule has 1 unspecified atom stereocenters. The maximum Gasteiger partial charge on any atom is 0.317 e. The molecule has 0 aliphatic rings. The Morgan fingerprint density at radius 3 is 2.68 bits per heavy atom. The van der Waals surface area contributed by atoms with Crippen LogP contribution in [-0.2, 0) is 14.9 Å². The summed E-state index contributed by atoms with van der Waals surface area (Å²) in [7, 11) is 1.38. The lowest BCUT2D eigenvalue weighted by Gasteiger charge is -2.30. The van der Waals surface area contributed by atoms with Crippen molar-refractivity contribution in [3.8, 4) is 0 Å². The van der Waals surface area contributed by atoms with Crippen molar-refractivity contribution in [2.24, 2.45) is 5.73 Å². The first kappa shape index (κ1) is 15.7. The van der Waals surface area contributed by atoms with Crippen molar-refractivity contribution in [3.63, 3.8) is 0 Å². The van der Waals surface area contributed by atoms with E-state index in [9.17, 15) is 4.79 Å². The van der Waals surface area contributed by atoms with Crippen molar-refractivity contribution >= 4 is 5.97 Å². The molecule has 0 bridgehead atoms. The van der Waals surface area contributed by atoms with Gasteiger partial charge < -0.3 is 15.6 Å². The highest BCUT2D eigenvalue weighted by molar-refractivity contribution is 5.83. The van der Waals surface area contributed by atoms with Gasteiger partial charge in [0.1, 0.15) is 5.41 Å². The molecule has 1 aromatic rings. The number of nitrogens with two attached hydrogens (primary N) is 1. The van der Waals surface area contributed by atoms with Crippen molar-refractivity contribution in [2.45, 2.75) is 31.6 Å². The van der Waals surface area contributed by atoms with Crippen molar-refractivity contribution in [1.29, 1.82) is 0 Å². The number of hydrogen-bond donors (Lipinski definition) is 2. The van der Waals surface area contributed by atoms with Gasteiger partial charge in [0.25, 0.3) is 0 Å². The Hall–Kier alpha value is -1.39. The molecule has 0 saturated heterocycles. The first-order valence-corrected chi connectivity index (χ1v) is 6.57. The molecule has 1 aromatic carbocycles. The lowest BCUT2D eigenvalue weighted by atomic mass is 9.76. The van der Waals surface area contributed by atoms with E-state index in [0.29, 0.717) is 12.8 Å². The number of carbonyl (C=O) groups is 1. The summed E-state index contributed by atoms with van der Waals surface area (Å²) < 4.78 is 4.95. The summed E-state index contributed by atoms with van der Waals surface area (Å²) in [6.07, 6.45) is 1.97. The molecule has 3 N–H and O–H groups in total. The molecule has 0 amide bonds. The van der Waals surface area contributed by atoms with E-state index in [1.807, 2.05) is 31.2 Å². The molecule has 1 atom stereocenters. The van der Waals surface area contributed by atoms with Gasteiger partial charge in [0.15, 0.2) is 0 Å². The number of aliphatic hydroxyl groups is 1. The Kier molecular flexibility index (Phi) is 5.99.